The summed E-state index contributed by atoms with van der Waals surface area (Å²) in [6, 6.07) is 9.32. The van der Waals surface area contributed by atoms with Gasteiger partial charge in [-0.1, -0.05) is 23.9 Å². The van der Waals surface area contributed by atoms with Gasteiger partial charge < -0.3 is 9.64 Å². The predicted octanol–water partition coefficient (Wildman–Crippen LogP) is 2.10. The van der Waals surface area contributed by atoms with Gasteiger partial charge in [-0.2, -0.15) is 5.10 Å². The van der Waals surface area contributed by atoms with Crippen LogP contribution in [0.25, 0.3) is 0 Å². The second kappa shape index (κ2) is 9.03. The Balaban J connectivity index is 1.90. The Morgan fingerprint density at radius 2 is 2.12 bits per heavy atom. The standard InChI is InChI=1S/C17H21N5O2S/c1-12-9-15(22(2)3)20-17(19-12)25-11-16(23)21-18-10-13-7-5-6-8-14(13)24-4/h5-10H,11H2,1-4H3,(H,21,23). The Labute approximate surface area is 151 Å². The summed E-state index contributed by atoms with van der Waals surface area (Å²) in [7, 11) is 5.41. The Morgan fingerprint density at radius 3 is 2.84 bits per heavy atom. The third-order valence-corrected chi connectivity index (χ3v) is 3.99. The molecule has 2 aromatic rings. The van der Waals surface area contributed by atoms with Crippen LogP contribution in [0, 0.1) is 6.92 Å². The number of nitrogens with zero attached hydrogens (tertiary/aromatic N) is 4. The van der Waals surface area contributed by atoms with Crippen molar-refractivity contribution in [3.05, 3.63) is 41.6 Å². The topological polar surface area (TPSA) is 79.7 Å². The number of carbonyl (C=O) groups is 1. The molecule has 1 aromatic heterocycles. The summed E-state index contributed by atoms with van der Waals surface area (Å²) in [5, 5.41) is 4.52. The number of ether oxygens (including phenoxy) is 1. The molecule has 0 saturated heterocycles. The second-order valence-electron chi connectivity index (χ2n) is 5.37. The average molecular weight is 359 g/mol. The molecule has 0 saturated carbocycles. The third kappa shape index (κ3) is 5.75. The highest BCUT2D eigenvalue weighted by molar-refractivity contribution is 7.99. The minimum Gasteiger partial charge on any atom is -0.496 e. The van der Waals surface area contributed by atoms with E-state index in [1.165, 1.54) is 11.8 Å². The fourth-order valence-corrected chi connectivity index (χ4v) is 2.62. The monoisotopic (exact) mass is 359 g/mol. The van der Waals surface area contributed by atoms with E-state index < -0.39 is 0 Å². The molecule has 1 N–H and O–H groups in total. The maximum absolute atomic E-state index is 11.9. The largest absolute Gasteiger partial charge is 0.496 e. The molecule has 7 nitrogen and oxygen atoms in total. The summed E-state index contributed by atoms with van der Waals surface area (Å²) in [5.74, 6) is 1.45. The molecule has 0 aliphatic carbocycles. The normalized spacial score (nSPS) is 10.7. The number of benzene rings is 1. The van der Waals surface area contributed by atoms with Crippen molar-refractivity contribution in [2.75, 3.05) is 31.9 Å². The molecule has 0 aliphatic rings. The van der Waals surface area contributed by atoms with Crippen LogP contribution in [0.4, 0.5) is 5.82 Å². The molecule has 0 atom stereocenters. The van der Waals surface area contributed by atoms with E-state index >= 15 is 0 Å². The van der Waals surface area contributed by atoms with Crippen LogP contribution >= 0.6 is 11.8 Å². The Morgan fingerprint density at radius 1 is 1.36 bits per heavy atom. The van der Waals surface area contributed by atoms with Crippen LogP contribution in [-0.2, 0) is 4.79 Å². The van der Waals surface area contributed by atoms with Gasteiger partial charge in [-0.3, -0.25) is 4.79 Å². The molecule has 0 radical (unpaired) electrons. The molecule has 2 rings (SSSR count). The molecule has 25 heavy (non-hydrogen) atoms. The first-order valence-electron chi connectivity index (χ1n) is 7.60. The lowest BCUT2D eigenvalue weighted by atomic mass is 10.2. The van der Waals surface area contributed by atoms with Crippen molar-refractivity contribution in [1.29, 1.82) is 0 Å². The maximum atomic E-state index is 11.9. The number of thioether (sulfide) groups is 1. The Bertz CT molecular complexity index is 764. The van der Waals surface area contributed by atoms with Crippen LogP contribution in [-0.4, -0.2) is 49.0 Å². The molecule has 1 aromatic carbocycles. The van der Waals surface area contributed by atoms with E-state index in [1.807, 2.05) is 56.3 Å². The van der Waals surface area contributed by atoms with Crippen molar-refractivity contribution in [3.63, 3.8) is 0 Å². The fourth-order valence-electron chi connectivity index (χ4n) is 1.93. The van der Waals surface area contributed by atoms with Gasteiger partial charge in [0.1, 0.15) is 11.6 Å². The molecule has 1 heterocycles. The second-order valence-corrected chi connectivity index (χ2v) is 6.31. The molecule has 0 fully saturated rings. The van der Waals surface area contributed by atoms with E-state index in [0.29, 0.717) is 10.9 Å². The van der Waals surface area contributed by atoms with Crippen LogP contribution in [0.1, 0.15) is 11.3 Å². The Hall–Kier alpha value is -2.61. The minimum atomic E-state index is -0.229. The van der Waals surface area contributed by atoms with Crippen LogP contribution in [0.5, 0.6) is 5.75 Å². The number of hydrogen-bond acceptors (Lipinski definition) is 7. The fraction of sp³-hybridized carbons (Fsp3) is 0.294. The maximum Gasteiger partial charge on any atom is 0.250 e. The van der Waals surface area contributed by atoms with Crippen LogP contribution in [0.15, 0.2) is 40.6 Å². The number of hydrogen-bond donors (Lipinski definition) is 1. The third-order valence-electron chi connectivity index (χ3n) is 3.14. The highest BCUT2D eigenvalue weighted by Gasteiger charge is 2.07. The average Bonchev–Trinajstić information content (AvgIpc) is 2.60. The van der Waals surface area contributed by atoms with Gasteiger partial charge >= 0.3 is 0 Å². The van der Waals surface area contributed by atoms with Crippen molar-refractivity contribution in [1.82, 2.24) is 15.4 Å². The first-order valence-corrected chi connectivity index (χ1v) is 8.59. The number of rotatable bonds is 7. The number of aryl methyl sites for hydroxylation is 1. The summed E-state index contributed by atoms with van der Waals surface area (Å²) >= 11 is 1.27. The van der Waals surface area contributed by atoms with Gasteiger partial charge in [0.2, 0.25) is 0 Å². The molecular formula is C17H21N5O2S. The zero-order chi connectivity index (χ0) is 18.2. The number of amides is 1. The van der Waals surface area contributed by atoms with E-state index in [4.69, 9.17) is 4.74 Å². The van der Waals surface area contributed by atoms with E-state index in [-0.39, 0.29) is 11.7 Å². The predicted molar refractivity (Wildman–Crippen MR) is 101 cm³/mol. The first kappa shape index (κ1) is 18.7. The van der Waals surface area contributed by atoms with Crippen molar-refractivity contribution in [2.24, 2.45) is 5.10 Å². The summed E-state index contributed by atoms with van der Waals surface area (Å²) in [6.45, 7) is 1.90. The number of methoxy groups -OCH3 is 1. The van der Waals surface area contributed by atoms with Crippen molar-refractivity contribution >= 4 is 29.7 Å². The highest BCUT2D eigenvalue weighted by atomic mass is 32.2. The smallest absolute Gasteiger partial charge is 0.250 e. The van der Waals surface area contributed by atoms with E-state index in [9.17, 15) is 4.79 Å². The molecular weight excluding hydrogens is 338 g/mol. The summed E-state index contributed by atoms with van der Waals surface area (Å²) in [5.41, 5.74) is 4.14. The molecule has 0 bridgehead atoms. The zero-order valence-corrected chi connectivity index (χ0v) is 15.5. The van der Waals surface area contributed by atoms with Gasteiger partial charge in [-0.25, -0.2) is 15.4 Å². The van der Waals surface area contributed by atoms with Crippen molar-refractivity contribution < 1.29 is 9.53 Å². The van der Waals surface area contributed by atoms with Crippen molar-refractivity contribution in [2.45, 2.75) is 12.1 Å². The van der Waals surface area contributed by atoms with Crippen molar-refractivity contribution in [3.8, 4) is 5.75 Å². The lowest BCUT2D eigenvalue weighted by Gasteiger charge is -2.12. The highest BCUT2D eigenvalue weighted by Crippen LogP contribution is 2.18. The Kier molecular flexibility index (Phi) is 6.76. The van der Waals surface area contributed by atoms with Gasteiger partial charge in [0, 0.05) is 31.4 Å². The van der Waals surface area contributed by atoms with Gasteiger partial charge in [0.25, 0.3) is 5.91 Å². The van der Waals surface area contributed by atoms with E-state index in [2.05, 4.69) is 20.5 Å². The quantitative estimate of drug-likeness (QED) is 0.353. The van der Waals surface area contributed by atoms with Crippen LogP contribution in [0.3, 0.4) is 0 Å². The molecule has 132 valence electrons. The zero-order valence-electron chi connectivity index (χ0n) is 14.7. The SMILES string of the molecule is COc1ccccc1C=NNC(=O)CSc1nc(C)cc(N(C)C)n1. The van der Waals surface area contributed by atoms with Gasteiger partial charge in [-0.15, -0.1) is 0 Å². The number of nitrogens with one attached hydrogen (secondary N) is 1. The first-order chi connectivity index (χ1) is 12.0. The molecule has 8 heteroatoms. The van der Waals surface area contributed by atoms with E-state index in [0.717, 1.165) is 17.1 Å². The number of aromatic nitrogens is 2. The molecule has 0 aliphatic heterocycles. The van der Waals surface area contributed by atoms with Gasteiger partial charge in [0.05, 0.1) is 19.1 Å². The molecule has 0 spiro atoms. The lowest BCUT2D eigenvalue weighted by molar-refractivity contribution is -0.118. The van der Waals surface area contributed by atoms with E-state index in [1.54, 1.807) is 13.3 Å². The molecule has 0 unspecified atom stereocenters. The van der Waals surface area contributed by atoms with Gasteiger partial charge in [-0.05, 0) is 19.1 Å². The summed E-state index contributed by atoms with van der Waals surface area (Å²) in [4.78, 5) is 22.5. The number of anilines is 1. The van der Waals surface area contributed by atoms with Gasteiger partial charge in [0.15, 0.2) is 5.16 Å². The minimum absolute atomic E-state index is 0.180. The molecule has 1 amide bonds. The lowest BCUT2D eigenvalue weighted by Crippen LogP contribution is -2.20. The number of para-hydroxylation sites is 1. The van der Waals surface area contributed by atoms with Crippen LogP contribution in [0.2, 0.25) is 0 Å². The number of hydrazone groups is 1. The summed E-state index contributed by atoms with van der Waals surface area (Å²) < 4.78 is 5.22. The number of carbonyl (C=O) groups excluding carboxylic acids is 1. The summed E-state index contributed by atoms with van der Waals surface area (Å²) in [6.07, 6.45) is 1.55. The van der Waals surface area contributed by atoms with Crippen LogP contribution < -0.4 is 15.1 Å².